The third-order valence-corrected chi connectivity index (χ3v) is 0. The minimum Gasteiger partial charge on any atom is -2.00 e. The summed E-state index contributed by atoms with van der Waals surface area (Å²) in [5, 5.41) is 0. The Bertz CT molecular complexity index is 22.5. The summed E-state index contributed by atoms with van der Waals surface area (Å²) in [5.74, 6) is 0. The van der Waals surface area contributed by atoms with E-state index in [0.717, 1.165) is 0 Å². The molecule has 0 N–H and O–H groups in total. The number of hydrogen-bond acceptors (Lipinski definition) is 0. The van der Waals surface area contributed by atoms with Crippen LogP contribution in [0.4, 0.5) is 0 Å². The first kappa shape index (κ1) is 181. The predicted molar refractivity (Wildman–Crippen MR) is 16.3 cm³/mol. The summed E-state index contributed by atoms with van der Waals surface area (Å²) in [7, 11) is 0. The summed E-state index contributed by atoms with van der Waals surface area (Å²) in [6.07, 6.45) is 0. The topological polar surface area (TPSA) is 200 Å². The minimum absolute atomic E-state index is 0. The van der Waals surface area contributed by atoms with Crippen molar-refractivity contribution < 1.29 is 144 Å². The molecule has 13 heteroatoms. The summed E-state index contributed by atoms with van der Waals surface area (Å²) in [6, 6.07) is 0. The normalized spacial score (nSPS) is 0. The van der Waals surface area contributed by atoms with Crippen molar-refractivity contribution in [3.05, 3.63) is 0 Å². The minimum atomic E-state index is 0. The Kier molecular flexibility index (Phi) is 2130. The van der Waals surface area contributed by atoms with Crippen LogP contribution in [0.2, 0.25) is 0 Å². The van der Waals surface area contributed by atoms with Gasteiger partial charge in [0.05, 0.1) is 0 Å². The number of hydrogen-bond donors (Lipinski definition) is 0. The van der Waals surface area contributed by atoms with Gasteiger partial charge in [-0.25, -0.2) is 0 Å². The first-order chi connectivity index (χ1) is 0. The largest absolute Gasteiger partial charge is 3.00 e. The van der Waals surface area contributed by atoms with E-state index in [1.807, 2.05) is 0 Å². The van der Waals surface area contributed by atoms with Crippen LogP contribution in [0.5, 0.6) is 0 Å². The Balaban J connectivity index is 0. The molecule has 2 radical (unpaired) electrons. The van der Waals surface area contributed by atoms with Crippen LogP contribution >= 0.6 is 0 Å². The first-order valence-corrected chi connectivity index (χ1v) is 0. The van der Waals surface area contributed by atoms with Crippen LogP contribution in [0.25, 0.3) is 0 Å². The second-order valence-electron chi connectivity index (χ2n) is 0. The van der Waals surface area contributed by atoms with Crippen molar-refractivity contribution >= 4 is 75.5 Å². The molecule has 0 spiro atoms. The zero-order chi connectivity index (χ0) is 0. The molecule has 0 saturated heterocycles. The van der Waals surface area contributed by atoms with Crippen LogP contribution in [0.15, 0.2) is 0 Å². The molecule has 7 nitrogen and oxygen atoms in total. The summed E-state index contributed by atoms with van der Waals surface area (Å²) < 4.78 is 0. The molecule has 0 atom stereocenters. The molecule has 0 bridgehead atoms. The zero-order valence-electron chi connectivity index (χ0n) is 6.03. The first-order valence-electron chi connectivity index (χ1n) is 0. The van der Waals surface area contributed by atoms with Crippen molar-refractivity contribution in [3.63, 3.8) is 0 Å². The maximum Gasteiger partial charge on any atom is 3.00 e. The van der Waals surface area contributed by atoms with Crippen LogP contribution in [0.1, 0.15) is 0 Å². The standard InChI is InChI=1S/2Ca.2Cu.2La.7O/q4*+2;2*+3;7*-2. The quantitative estimate of drug-likeness (QED) is 0.290. The van der Waals surface area contributed by atoms with Gasteiger partial charge in [0.15, 0.2) is 0 Å². The van der Waals surface area contributed by atoms with Gasteiger partial charge in [-0.1, -0.05) is 0 Å². The maximum atomic E-state index is 0. The molecule has 74 valence electrons. The van der Waals surface area contributed by atoms with E-state index in [-0.39, 0.29) is 219 Å². The van der Waals surface area contributed by atoms with Gasteiger partial charge in [-0.2, -0.15) is 0 Å². The zero-order valence-corrected chi connectivity index (χ0v) is 19.6. The van der Waals surface area contributed by atoms with Gasteiger partial charge in [-0.15, -0.1) is 0 Å². The van der Waals surface area contributed by atoms with Crippen molar-refractivity contribution in [2.45, 2.75) is 0 Å². The molecule has 0 aliphatic heterocycles. The van der Waals surface area contributed by atoms with E-state index >= 15 is 0 Å². The second-order valence-corrected chi connectivity index (χ2v) is 0. The van der Waals surface area contributed by atoms with Gasteiger partial charge in [0.2, 0.25) is 0 Å². The molecule has 0 fully saturated rings. The fraction of sp³-hybridized carbons (Fsp3) is 0. The van der Waals surface area contributed by atoms with Crippen molar-refractivity contribution in [1.29, 1.82) is 0 Å². The van der Waals surface area contributed by atoms with E-state index in [2.05, 4.69) is 0 Å². The molecule has 0 aliphatic carbocycles. The molecule has 0 unspecified atom stereocenters. The van der Waals surface area contributed by atoms with E-state index in [1.54, 1.807) is 0 Å². The van der Waals surface area contributed by atoms with Gasteiger partial charge in [0.1, 0.15) is 0 Å². The van der Waals surface area contributed by atoms with E-state index in [1.165, 1.54) is 0 Å². The van der Waals surface area contributed by atoms with E-state index in [0.29, 0.717) is 0 Å². The molecule has 0 aromatic heterocycles. The average molecular weight is 597 g/mol. The Labute approximate surface area is 213 Å². The van der Waals surface area contributed by atoms with Gasteiger partial charge in [-0.3, -0.25) is 0 Å². The average Bonchev–Trinajstić information content (AvgIpc) is 0. The van der Waals surface area contributed by atoms with Crippen molar-refractivity contribution in [1.82, 2.24) is 0 Å². The SMILES string of the molecule is [Ca+2].[Ca+2].[Cu+2].[Cu+2].[La+3].[La+3].[O-2].[O-2].[O-2].[O-2].[O-2].[O-2].[O-2]. The van der Waals surface area contributed by atoms with Gasteiger partial charge in [0.25, 0.3) is 0 Å². The third-order valence-electron chi connectivity index (χ3n) is 0. The molecular weight excluding hydrogens is 597 g/mol. The second kappa shape index (κ2) is 153. The Morgan fingerprint density at radius 2 is 0.308 bits per heavy atom. The summed E-state index contributed by atoms with van der Waals surface area (Å²) in [4.78, 5) is 0. The van der Waals surface area contributed by atoms with E-state index < -0.39 is 0 Å². The van der Waals surface area contributed by atoms with Crippen LogP contribution in [0, 0.1) is 71.2 Å². The maximum absolute atomic E-state index is 0. The van der Waals surface area contributed by atoms with Crippen molar-refractivity contribution in [2.75, 3.05) is 0 Å². The summed E-state index contributed by atoms with van der Waals surface area (Å²) in [5.41, 5.74) is 0. The Morgan fingerprint density at radius 3 is 0.308 bits per heavy atom. The molecule has 0 aromatic rings. The molecule has 0 saturated carbocycles. The predicted octanol–water partition coefficient (Wildman–Crippen LogP) is -1.60. The monoisotopic (exact) mass is 596 g/mol. The van der Waals surface area contributed by atoms with Gasteiger partial charge in [-0.05, 0) is 0 Å². The molecule has 0 amide bonds. The summed E-state index contributed by atoms with van der Waals surface area (Å²) >= 11 is 0. The van der Waals surface area contributed by atoms with Crippen molar-refractivity contribution in [2.24, 2.45) is 0 Å². The fourth-order valence-corrected chi connectivity index (χ4v) is 0. The Morgan fingerprint density at radius 1 is 0.308 bits per heavy atom. The van der Waals surface area contributed by atoms with Gasteiger partial charge >= 0.3 is 181 Å². The molecule has 0 heterocycles. The van der Waals surface area contributed by atoms with Crippen LogP contribution in [-0.4, -0.2) is 75.5 Å². The third kappa shape index (κ3) is 135. The fourth-order valence-electron chi connectivity index (χ4n) is 0. The van der Waals surface area contributed by atoms with Gasteiger partial charge < -0.3 is 38.3 Å². The molecule has 0 rings (SSSR count). The number of rotatable bonds is 0. The Hall–Kier alpha value is 5.67. The van der Waals surface area contributed by atoms with E-state index in [4.69, 9.17) is 0 Å². The van der Waals surface area contributed by atoms with Gasteiger partial charge in [0, 0.05) is 0 Å². The molecule has 13 heavy (non-hydrogen) atoms. The molecule has 0 aromatic carbocycles. The summed E-state index contributed by atoms with van der Waals surface area (Å²) in [6.45, 7) is 0. The molecular formula is Ca2Cu2La2O7. The van der Waals surface area contributed by atoms with Crippen LogP contribution < -0.4 is 0 Å². The molecule has 0 aliphatic rings. The van der Waals surface area contributed by atoms with E-state index in [9.17, 15) is 0 Å². The van der Waals surface area contributed by atoms with Crippen LogP contribution in [-0.2, 0) is 72.5 Å². The smallest absolute Gasteiger partial charge is 2.00 e. The van der Waals surface area contributed by atoms with Crippen LogP contribution in [0.3, 0.4) is 0 Å². The van der Waals surface area contributed by atoms with Crippen molar-refractivity contribution in [3.8, 4) is 0 Å².